The van der Waals surface area contributed by atoms with Crippen LogP contribution in [0.2, 0.25) is 0 Å². The number of carbonyl (C=O) groups excluding carboxylic acids is 1. The second kappa shape index (κ2) is 5.05. The molecule has 0 radical (unpaired) electrons. The van der Waals surface area contributed by atoms with Gasteiger partial charge in [-0.2, -0.15) is 0 Å². The Labute approximate surface area is 133 Å². The zero-order valence-corrected chi connectivity index (χ0v) is 13.4. The molecule has 1 amide bonds. The Balaban J connectivity index is 1.47. The number of amides is 1. The lowest BCUT2D eigenvalue weighted by atomic mass is 9.79. The molecule has 0 spiro atoms. The minimum absolute atomic E-state index is 0.0546. The normalized spacial score (nSPS) is 35.6. The van der Waals surface area contributed by atoms with Gasteiger partial charge in [-0.25, -0.2) is 0 Å². The second-order valence-electron chi connectivity index (χ2n) is 7.04. The van der Waals surface area contributed by atoms with Crippen LogP contribution in [0.5, 0.6) is 0 Å². The summed E-state index contributed by atoms with van der Waals surface area (Å²) in [5, 5.41) is 14.1. The topological polar surface area (TPSA) is 72.2 Å². The fourth-order valence-electron chi connectivity index (χ4n) is 5.24. The van der Waals surface area contributed by atoms with Crippen LogP contribution in [-0.2, 0) is 0 Å². The molecule has 0 saturated heterocycles. The largest absolute Gasteiger partial charge is 0.348 e. The summed E-state index contributed by atoms with van der Waals surface area (Å²) in [5.41, 5.74) is 0.0546. The van der Waals surface area contributed by atoms with Crippen LogP contribution in [0.25, 0.3) is 0 Å². The Morgan fingerprint density at radius 3 is 2.82 bits per heavy atom. The van der Waals surface area contributed by atoms with E-state index in [9.17, 15) is 14.9 Å². The van der Waals surface area contributed by atoms with Crippen molar-refractivity contribution in [1.29, 1.82) is 0 Å². The van der Waals surface area contributed by atoms with Crippen molar-refractivity contribution < 1.29 is 9.72 Å². The third-order valence-electron chi connectivity index (χ3n) is 6.06. The van der Waals surface area contributed by atoms with E-state index in [1.165, 1.54) is 43.1 Å². The maximum Gasteiger partial charge on any atom is 0.283 e. The summed E-state index contributed by atoms with van der Waals surface area (Å²) < 4.78 is 0. The quantitative estimate of drug-likeness (QED) is 0.684. The van der Waals surface area contributed by atoms with Crippen LogP contribution in [0.15, 0.2) is 6.07 Å². The van der Waals surface area contributed by atoms with Crippen molar-refractivity contribution in [3.63, 3.8) is 0 Å². The highest BCUT2D eigenvalue weighted by Gasteiger charge is 2.54. The molecule has 118 valence electrons. The number of nitrogens with one attached hydrogen (secondary N) is 1. The predicted molar refractivity (Wildman–Crippen MR) is 84.0 cm³/mol. The summed E-state index contributed by atoms with van der Waals surface area (Å²) in [6.45, 7) is 1.69. The molecule has 0 aromatic carbocycles. The maximum atomic E-state index is 12.4. The lowest BCUT2D eigenvalue weighted by Crippen LogP contribution is -2.42. The van der Waals surface area contributed by atoms with Crippen LogP contribution in [0.1, 0.15) is 46.7 Å². The van der Waals surface area contributed by atoms with E-state index >= 15 is 0 Å². The molecule has 5 atom stereocenters. The van der Waals surface area contributed by atoms with E-state index in [-0.39, 0.29) is 17.6 Å². The van der Waals surface area contributed by atoms with Gasteiger partial charge in [0.2, 0.25) is 0 Å². The third-order valence-corrected chi connectivity index (χ3v) is 7.10. The molecule has 1 heterocycles. The van der Waals surface area contributed by atoms with Gasteiger partial charge in [-0.05, 0) is 56.3 Å². The Kier molecular flexibility index (Phi) is 3.25. The lowest BCUT2D eigenvalue weighted by molar-refractivity contribution is -0.385. The van der Waals surface area contributed by atoms with Crippen molar-refractivity contribution in [3.8, 4) is 0 Å². The summed E-state index contributed by atoms with van der Waals surface area (Å²) in [5.74, 6) is 3.01. The van der Waals surface area contributed by atoms with E-state index in [0.29, 0.717) is 15.7 Å². The molecule has 2 bridgehead atoms. The zero-order valence-electron chi connectivity index (χ0n) is 12.6. The van der Waals surface area contributed by atoms with Crippen LogP contribution in [0.4, 0.5) is 5.69 Å². The highest BCUT2D eigenvalue weighted by Crippen LogP contribution is 2.58. The zero-order chi connectivity index (χ0) is 15.4. The summed E-state index contributed by atoms with van der Waals surface area (Å²) >= 11 is 1.22. The fraction of sp³-hybridized carbons (Fsp3) is 0.688. The molecule has 6 heteroatoms. The number of hydrogen-bond donors (Lipinski definition) is 1. The average Bonchev–Trinajstić information content (AvgIpc) is 3.17. The van der Waals surface area contributed by atoms with E-state index in [0.717, 1.165) is 24.2 Å². The molecule has 3 aliphatic rings. The van der Waals surface area contributed by atoms with Gasteiger partial charge >= 0.3 is 0 Å². The van der Waals surface area contributed by atoms with Gasteiger partial charge in [-0.1, -0.05) is 6.42 Å². The average molecular weight is 320 g/mol. The fourth-order valence-corrected chi connectivity index (χ4v) is 6.13. The summed E-state index contributed by atoms with van der Waals surface area (Å²) in [7, 11) is 0. The van der Waals surface area contributed by atoms with Crippen molar-refractivity contribution in [3.05, 3.63) is 25.9 Å². The Bertz CT molecular complexity index is 641. The minimum Gasteiger partial charge on any atom is -0.348 e. The number of aryl methyl sites for hydroxylation is 1. The number of fused-ring (bicyclic) bond motifs is 5. The second-order valence-corrected chi connectivity index (χ2v) is 8.30. The number of carbonyl (C=O) groups is 1. The number of rotatable bonds is 3. The first-order valence-electron chi connectivity index (χ1n) is 8.10. The minimum atomic E-state index is -0.413. The highest BCUT2D eigenvalue weighted by atomic mass is 32.1. The van der Waals surface area contributed by atoms with E-state index < -0.39 is 4.92 Å². The van der Waals surface area contributed by atoms with Crippen LogP contribution in [0, 0.1) is 40.7 Å². The molecule has 0 unspecified atom stereocenters. The van der Waals surface area contributed by atoms with Crippen molar-refractivity contribution in [1.82, 2.24) is 5.32 Å². The summed E-state index contributed by atoms with van der Waals surface area (Å²) in [4.78, 5) is 24.0. The van der Waals surface area contributed by atoms with Gasteiger partial charge < -0.3 is 5.32 Å². The highest BCUT2D eigenvalue weighted by molar-refractivity contribution is 7.14. The smallest absolute Gasteiger partial charge is 0.283 e. The molecule has 22 heavy (non-hydrogen) atoms. The number of nitrogens with zero attached hydrogens (tertiary/aromatic N) is 1. The molecule has 3 saturated carbocycles. The van der Waals surface area contributed by atoms with E-state index in [1.807, 2.05) is 0 Å². The maximum absolute atomic E-state index is 12.4. The molecule has 1 N–H and O–H groups in total. The standard InChI is InChI=1S/C16H20N2O3S/c1-8-14(18(20)21)7-15(22-8)16(19)17-13-6-9-5-12(13)11-4-2-3-10(9)11/h7,9-13H,2-6H2,1H3,(H,17,19)/t9-,10+,11+,12+,13-/m1/s1. The molecule has 3 fully saturated rings. The van der Waals surface area contributed by atoms with Crippen LogP contribution in [0.3, 0.4) is 0 Å². The van der Waals surface area contributed by atoms with Gasteiger partial charge in [0.15, 0.2) is 0 Å². The van der Waals surface area contributed by atoms with Crippen molar-refractivity contribution in [2.24, 2.45) is 23.7 Å². The molecule has 5 nitrogen and oxygen atoms in total. The molecule has 3 aliphatic carbocycles. The van der Waals surface area contributed by atoms with Gasteiger partial charge in [0.05, 0.1) is 14.7 Å². The van der Waals surface area contributed by atoms with E-state index in [4.69, 9.17) is 0 Å². The Morgan fingerprint density at radius 1 is 1.32 bits per heavy atom. The van der Waals surface area contributed by atoms with Gasteiger partial charge in [0.1, 0.15) is 0 Å². The third kappa shape index (κ3) is 2.07. The summed E-state index contributed by atoms with van der Waals surface area (Å²) in [6, 6.07) is 1.69. The van der Waals surface area contributed by atoms with Crippen molar-refractivity contribution in [2.75, 3.05) is 0 Å². The molecule has 1 aromatic rings. The van der Waals surface area contributed by atoms with Crippen LogP contribution < -0.4 is 5.32 Å². The summed E-state index contributed by atoms with van der Waals surface area (Å²) in [6.07, 6.45) is 6.41. The predicted octanol–water partition coefficient (Wildman–Crippen LogP) is 3.52. The molecular weight excluding hydrogens is 300 g/mol. The Morgan fingerprint density at radius 2 is 2.09 bits per heavy atom. The first-order valence-corrected chi connectivity index (χ1v) is 8.92. The van der Waals surface area contributed by atoms with Gasteiger partial charge in [0.25, 0.3) is 11.6 Å². The van der Waals surface area contributed by atoms with E-state index in [2.05, 4.69) is 5.32 Å². The molecule has 4 rings (SSSR count). The Hall–Kier alpha value is -1.43. The van der Waals surface area contributed by atoms with Gasteiger partial charge in [-0.3, -0.25) is 14.9 Å². The first kappa shape index (κ1) is 14.2. The number of hydrogen-bond acceptors (Lipinski definition) is 4. The number of nitro groups is 1. The van der Waals surface area contributed by atoms with E-state index in [1.54, 1.807) is 6.92 Å². The molecular formula is C16H20N2O3S. The SMILES string of the molecule is Cc1sc(C(=O)N[C@@H]2C[C@H]3C[C@H]2[C@H]2CCC[C@@H]32)cc1[N+](=O)[O-]. The van der Waals surface area contributed by atoms with Crippen LogP contribution >= 0.6 is 11.3 Å². The molecule has 0 aliphatic heterocycles. The van der Waals surface area contributed by atoms with Crippen LogP contribution in [-0.4, -0.2) is 16.9 Å². The molecule has 1 aromatic heterocycles. The lowest BCUT2D eigenvalue weighted by Gasteiger charge is -2.31. The van der Waals surface area contributed by atoms with Crippen molar-refractivity contribution >= 4 is 22.9 Å². The van der Waals surface area contributed by atoms with Crippen molar-refractivity contribution in [2.45, 2.75) is 45.1 Å². The first-order chi connectivity index (χ1) is 10.5. The monoisotopic (exact) mass is 320 g/mol. The number of thiophene rings is 1. The van der Waals surface area contributed by atoms with Gasteiger partial charge in [0, 0.05) is 12.1 Å². The van der Waals surface area contributed by atoms with Gasteiger partial charge in [-0.15, -0.1) is 11.3 Å².